The van der Waals surface area contributed by atoms with Crippen molar-refractivity contribution in [1.82, 2.24) is 4.90 Å². The molecule has 1 aromatic carbocycles. The third kappa shape index (κ3) is 3.14. The molecule has 0 radical (unpaired) electrons. The summed E-state index contributed by atoms with van der Waals surface area (Å²) in [6, 6.07) is 4.97. The number of carboxylic acid groups (broad SMARTS) is 1. The van der Waals surface area contributed by atoms with E-state index in [4.69, 9.17) is 19.3 Å². The second kappa shape index (κ2) is 6.23. The van der Waals surface area contributed by atoms with Crippen molar-refractivity contribution < 1.29 is 28.9 Å². The molecule has 0 bridgehead atoms. The average molecular weight is 307 g/mol. The number of carbonyl (C=O) groups is 2. The topological polar surface area (TPSA) is 85.3 Å². The first kappa shape index (κ1) is 14.6. The average Bonchev–Trinajstić information content (AvgIpc) is 2.94. The van der Waals surface area contributed by atoms with Crippen LogP contribution < -0.4 is 9.47 Å². The summed E-state index contributed by atoms with van der Waals surface area (Å²) in [6.07, 6.45) is 0.0969. The highest BCUT2D eigenvalue weighted by Crippen LogP contribution is 2.32. The summed E-state index contributed by atoms with van der Waals surface area (Å²) in [5.74, 6) is 0.269. The number of ether oxygens (including phenoxy) is 3. The number of carbonyl (C=O) groups excluding carboxylic acids is 1. The molecular formula is C15H17NO6. The smallest absolute Gasteiger partial charge is 0.305 e. The monoisotopic (exact) mass is 307 g/mol. The number of nitrogens with zero attached hydrogens (tertiary/aromatic N) is 1. The minimum atomic E-state index is -0.934. The standard InChI is InChI=1S/C15H17NO6/c17-14(16-3-4-20-8-11(16)7-15(18)19)6-10-1-2-12-13(5-10)22-9-21-12/h1-2,5,11H,3-4,6-9H2,(H,18,19)/t11-/m1/s1. The van der Waals surface area contributed by atoms with Crippen LogP contribution in [-0.4, -0.2) is 54.5 Å². The third-order valence-electron chi connectivity index (χ3n) is 3.75. The Kier molecular flexibility index (Phi) is 4.15. The van der Waals surface area contributed by atoms with Crippen LogP contribution >= 0.6 is 0 Å². The summed E-state index contributed by atoms with van der Waals surface area (Å²) in [5.41, 5.74) is 0.815. The summed E-state index contributed by atoms with van der Waals surface area (Å²) >= 11 is 0. The second-order valence-electron chi connectivity index (χ2n) is 5.28. The van der Waals surface area contributed by atoms with E-state index in [0.717, 1.165) is 5.56 Å². The number of amides is 1. The molecule has 1 N–H and O–H groups in total. The number of benzene rings is 1. The lowest BCUT2D eigenvalue weighted by Gasteiger charge is -2.35. The fraction of sp³-hybridized carbons (Fsp3) is 0.467. The maximum absolute atomic E-state index is 12.5. The van der Waals surface area contributed by atoms with E-state index in [0.29, 0.717) is 24.7 Å². The number of rotatable bonds is 4. The van der Waals surface area contributed by atoms with Gasteiger partial charge in [-0.2, -0.15) is 0 Å². The maximum atomic E-state index is 12.5. The Balaban J connectivity index is 1.68. The van der Waals surface area contributed by atoms with E-state index in [2.05, 4.69) is 0 Å². The van der Waals surface area contributed by atoms with Gasteiger partial charge in [-0.1, -0.05) is 6.07 Å². The predicted octanol–water partition coefficient (Wildman–Crippen LogP) is 0.660. The normalized spacial score (nSPS) is 20.0. The van der Waals surface area contributed by atoms with E-state index in [-0.39, 0.29) is 32.1 Å². The van der Waals surface area contributed by atoms with E-state index in [1.165, 1.54) is 0 Å². The van der Waals surface area contributed by atoms with Crippen LogP contribution in [0.1, 0.15) is 12.0 Å². The predicted molar refractivity (Wildman–Crippen MR) is 74.8 cm³/mol. The van der Waals surface area contributed by atoms with Gasteiger partial charge in [0.05, 0.1) is 32.1 Å². The lowest BCUT2D eigenvalue weighted by molar-refractivity contribution is -0.145. The lowest BCUT2D eigenvalue weighted by atomic mass is 10.1. The summed E-state index contributed by atoms with van der Waals surface area (Å²) in [6.45, 7) is 1.31. The van der Waals surface area contributed by atoms with Crippen molar-refractivity contribution >= 4 is 11.9 Å². The molecule has 0 saturated carbocycles. The van der Waals surface area contributed by atoms with Crippen LogP contribution in [0, 0.1) is 0 Å². The molecule has 1 fully saturated rings. The van der Waals surface area contributed by atoms with E-state index in [9.17, 15) is 9.59 Å². The molecule has 7 heteroatoms. The Hall–Kier alpha value is -2.28. The zero-order valence-corrected chi connectivity index (χ0v) is 12.0. The zero-order valence-electron chi connectivity index (χ0n) is 12.0. The van der Waals surface area contributed by atoms with Crippen molar-refractivity contribution in [3.63, 3.8) is 0 Å². The molecule has 2 aliphatic rings. The van der Waals surface area contributed by atoms with Gasteiger partial charge in [0.25, 0.3) is 0 Å². The van der Waals surface area contributed by atoms with E-state index >= 15 is 0 Å². The Labute approximate surface area is 127 Å². The molecule has 1 saturated heterocycles. The van der Waals surface area contributed by atoms with Crippen LogP contribution in [-0.2, 0) is 20.7 Å². The van der Waals surface area contributed by atoms with Crippen molar-refractivity contribution in [2.75, 3.05) is 26.6 Å². The van der Waals surface area contributed by atoms with Crippen LogP contribution in [0.3, 0.4) is 0 Å². The lowest BCUT2D eigenvalue weighted by Crippen LogP contribution is -2.50. The van der Waals surface area contributed by atoms with Gasteiger partial charge in [-0.3, -0.25) is 9.59 Å². The maximum Gasteiger partial charge on any atom is 0.305 e. The van der Waals surface area contributed by atoms with Gasteiger partial charge >= 0.3 is 5.97 Å². The molecule has 2 heterocycles. The largest absolute Gasteiger partial charge is 0.481 e. The van der Waals surface area contributed by atoms with Crippen LogP contribution in [0.5, 0.6) is 11.5 Å². The summed E-state index contributed by atoms with van der Waals surface area (Å²) in [5, 5.41) is 8.94. The minimum absolute atomic E-state index is 0.103. The van der Waals surface area contributed by atoms with Gasteiger partial charge in [-0.15, -0.1) is 0 Å². The van der Waals surface area contributed by atoms with Crippen molar-refractivity contribution in [1.29, 1.82) is 0 Å². The Morgan fingerprint density at radius 2 is 2.09 bits per heavy atom. The summed E-state index contributed by atoms with van der Waals surface area (Å²) in [4.78, 5) is 25.0. The molecule has 2 aliphatic heterocycles. The molecular weight excluding hydrogens is 290 g/mol. The number of aliphatic carboxylic acids is 1. The molecule has 0 aromatic heterocycles. The molecule has 0 aliphatic carbocycles. The number of morpholine rings is 1. The van der Waals surface area contributed by atoms with Crippen LogP contribution in [0.25, 0.3) is 0 Å². The van der Waals surface area contributed by atoms with E-state index < -0.39 is 12.0 Å². The Morgan fingerprint density at radius 3 is 2.91 bits per heavy atom. The first-order chi connectivity index (χ1) is 10.6. The molecule has 118 valence electrons. The zero-order chi connectivity index (χ0) is 15.5. The first-order valence-electron chi connectivity index (χ1n) is 7.11. The molecule has 1 atom stereocenters. The number of carboxylic acids is 1. The van der Waals surface area contributed by atoms with E-state index in [1.54, 1.807) is 17.0 Å². The van der Waals surface area contributed by atoms with Gasteiger partial charge in [0.15, 0.2) is 11.5 Å². The van der Waals surface area contributed by atoms with Gasteiger partial charge in [0.1, 0.15) is 0 Å². The molecule has 0 spiro atoms. The Bertz CT molecular complexity index is 587. The molecule has 3 rings (SSSR count). The first-order valence-corrected chi connectivity index (χ1v) is 7.11. The molecule has 7 nitrogen and oxygen atoms in total. The second-order valence-corrected chi connectivity index (χ2v) is 5.28. The van der Waals surface area contributed by atoms with Gasteiger partial charge in [-0.25, -0.2) is 0 Å². The van der Waals surface area contributed by atoms with Gasteiger partial charge in [0, 0.05) is 6.54 Å². The van der Waals surface area contributed by atoms with Crippen LogP contribution in [0.15, 0.2) is 18.2 Å². The molecule has 22 heavy (non-hydrogen) atoms. The van der Waals surface area contributed by atoms with Crippen molar-refractivity contribution in [3.05, 3.63) is 23.8 Å². The quantitative estimate of drug-likeness (QED) is 0.879. The van der Waals surface area contributed by atoms with Crippen LogP contribution in [0.4, 0.5) is 0 Å². The highest BCUT2D eigenvalue weighted by molar-refractivity contribution is 5.80. The van der Waals surface area contributed by atoms with Crippen molar-refractivity contribution in [2.24, 2.45) is 0 Å². The molecule has 1 amide bonds. The SMILES string of the molecule is O=C(O)C[C@@H]1COCCN1C(=O)Cc1ccc2c(c1)OCO2. The van der Waals surface area contributed by atoms with Gasteiger partial charge in [-0.05, 0) is 17.7 Å². The van der Waals surface area contributed by atoms with Gasteiger partial charge in [0.2, 0.25) is 12.7 Å². The van der Waals surface area contributed by atoms with Gasteiger partial charge < -0.3 is 24.2 Å². The minimum Gasteiger partial charge on any atom is -0.481 e. The summed E-state index contributed by atoms with van der Waals surface area (Å²) < 4.78 is 15.8. The third-order valence-corrected chi connectivity index (χ3v) is 3.75. The fourth-order valence-corrected chi connectivity index (χ4v) is 2.68. The molecule has 1 aromatic rings. The fourth-order valence-electron chi connectivity index (χ4n) is 2.68. The van der Waals surface area contributed by atoms with Crippen molar-refractivity contribution in [2.45, 2.75) is 18.9 Å². The Morgan fingerprint density at radius 1 is 1.27 bits per heavy atom. The highest BCUT2D eigenvalue weighted by atomic mass is 16.7. The molecule has 0 unspecified atom stereocenters. The highest BCUT2D eigenvalue weighted by Gasteiger charge is 2.29. The number of hydrogen-bond acceptors (Lipinski definition) is 5. The number of hydrogen-bond donors (Lipinski definition) is 1. The summed E-state index contributed by atoms with van der Waals surface area (Å²) in [7, 11) is 0. The van der Waals surface area contributed by atoms with Crippen LogP contribution in [0.2, 0.25) is 0 Å². The number of fused-ring (bicyclic) bond motifs is 1. The van der Waals surface area contributed by atoms with Crippen molar-refractivity contribution in [3.8, 4) is 11.5 Å². The van der Waals surface area contributed by atoms with E-state index in [1.807, 2.05) is 6.07 Å².